The Bertz CT molecular complexity index is 530. The van der Waals surface area contributed by atoms with E-state index in [9.17, 15) is 9.59 Å². The highest BCUT2D eigenvalue weighted by molar-refractivity contribution is 6.16. The quantitative estimate of drug-likeness (QED) is 0.901. The summed E-state index contributed by atoms with van der Waals surface area (Å²) in [4.78, 5) is 25.9. The first kappa shape index (κ1) is 13.0. The summed E-state index contributed by atoms with van der Waals surface area (Å²) >= 11 is 0. The average molecular weight is 274 g/mol. The third-order valence-electron chi connectivity index (χ3n) is 4.19. The number of benzene rings is 1. The molecule has 1 aliphatic carbocycles. The molecule has 106 valence electrons. The van der Waals surface area contributed by atoms with Gasteiger partial charge in [-0.3, -0.25) is 4.79 Å². The number of hydrogen-bond donors (Lipinski definition) is 1. The van der Waals surface area contributed by atoms with E-state index < -0.39 is 0 Å². The van der Waals surface area contributed by atoms with E-state index in [-0.39, 0.29) is 17.5 Å². The van der Waals surface area contributed by atoms with Crippen molar-refractivity contribution in [1.82, 2.24) is 5.32 Å². The average Bonchev–Trinajstić information content (AvgIpc) is 2.86. The lowest BCUT2D eigenvalue weighted by molar-refractivity contribution is -0.120. The van der Waals surface area contributed by atoms with Crippen LogP contribution in [0.3, 0.4) is 0 Å². The van der Waals surface area contributed by atoms with Crippen LogP contribution in [0.4, 0.5) is 10.5 Å². The first-order chi connectivity index (χ1) is 9.63. The molecular weight excluding hydrogens is 256 g/mol. The van der Waals surface area contributed by atoms with Gasteiger partial charge in [0.25, 0.3) is 0 Å². The van der Waals surface area contributed by atoms with E-state index in [2.05, 4.69) is 5.32 Å². The molecular formula is C15H18N2O3. The minimum absolute atomic E-state index is 0.135. The number of hydrogen-bond acceptors (Lipinski definition) is 3. The third kappa shape index (κ3) is 2.13. The molecule has 0 atom stereocenters. The van der Waals surface area contributed by atoms with E-state index in [0.29, 0.717) is 17.9 Å². The van der Waals surface area contributed by atoms with E-state index in [0.717, 1.165) is 25.7 Å². The zero-order valence-electron chi connectivity index (χ0n) is 11.5. The fourth-order valence-electron chi connectivity index (χ4n) is 3.17. The van der Waals surface area contributed by atoms with Crippen LogP contribution in [0.1, 0.15) is 32.1 Å². The summed E-state index contributed by atoms with van der Waals surface area (Å²) in [6.45, 7) is 0. The van der Waals surface area contributed by atoms with Gasteiger partial charge < -0.3 is 10.1 Å². The number of carbonyl (C=O) groups excluding carboxylic acids is 2. The highest BCUT2D eigenvalue weighted by Gasteiger charge is 2.45. The molecule has 0 radical (unpaired) electrons. The number of nitrogens with zero attached hydrogens (tertiary/aromatic N) is 1. The van der Waals surface area contributed by atoms with Crippen LogP contribution in [0, 0.1) is 0 Å². The molecule has 1 aromatic rings. The highest BCUT2D eigenvalue weighted by atomic mass is 16.5. The van der Waals surface area contributed by atoms with Crippen LogP contribution in [0.2, 0.25) is 0 Å². The molecule has 2 aliphatic rings. The van der Waals surface area contributed by atoms with E-state index >= 15 is 0 Å². The SMILES string of the molecule is COc1cccc(N2C(=O)CC3(CCCC3)NC2=O)c1. The number of urea groups is 1. The minimum atomic E-state index is -0.323. The third-order valence-corrected chi connectivity index (χ3v) is 4.19. The van der Waals surface area contributed by atoms with Crippen molar-refractivity contribution >= 4 is 17.6 Å². The Labute approximate surface area is 117 Å². The van der Waals surface area contributed by atoms with Gasteiger partial charge in [-0.25, -0.2) is 9.69 Å². The number of amides is 3. The fourth-order valence-corrected chi connectivity index (χ4v) is 3.17. The zero-order chi connectivity index (χ0) is 14.2. The van der Waals surface area contributed by atoms with Gasteiger partial charge in [-0.1, -0.05) is 18.9 Å². The van der Waals surface area contributed by atoms with Gasteiger partial charge in [0.2, 0.25) is 5.91 Å². The van der Waals surface area contributed by atoms with E-state index in [1.807, 2.05) is 0 Å². The van der Waals surface area contributed by atoms with E-state index in [1.54, 1.807) is 31.4 Å². The number of carbonyl (C=O) groups is 2. The molecule has 1 aliphatic heterocycles. The maximum absolute atomic E-state index is 12.4. The van der Waals surface area contributed by atoms with Crippen LogP contribution in [0.5, 0.6) is 5.75 Å². The number of rotatable bonds is 2. The predicted molar refractivity (Wildman–Crippen MR) is 74.8 cm³/mol. The van der Waals surface area contributed by atoms with Gasteiger partial charge in [0.1, 0.15) is 5.75 Å². The summed E-state index contributed by atoms with van der Waals surface area (Å²) in [5.41, 5.74) is 0.253. The van der Waals surface area contributed by atoms with Crippen LogP contribution in [-0.4, -0.2) is 24.6 Å². The Balaban J connectivity index is 1.87. The minimum Gasteiger partial charge on any atom is -0.497 e. The summed E-state index contributed by atoms with van der Waals surface area (Å²) in [7, 11) is 1.56. The molecule has 1 saturated carbocycles. The second-order valence-electron chi connectivity index (χ2n) is 5.52. The van der Waals surface area contributed by atoms with Crippen LogP contribution in [0.15, 0.2) is 24.3 Å². The Kier molecular flexibility index (Phi) is 3.12. The fraction of sp³-hybridized carbons (Fsp3) is 0.467. The molecule has 3 amide bonds. The highest BCUT2D eigenvalue weighted by Crippen LogP contribution is 2.36. The second kappa shape index (κ2) is 4.81. The molecule has 1 saturated heterocycles. The number of nitrogens with one attached hydrogen (secondary N) is 1. The predicted octanol–water partition coefficient (Wildman–Crippen LogP) is 2.45. The van der Waals surface area contributed by atoms with Crippen LogP contribution in [0.25, 0.3) is 0 Å². The van der Waals surface area contributed by atoms with E-state index in [4.69, 9.17) is 4.74 Å². The van der Waals surface area contributed by atoms with Gasteiger partial charge in [-0.15, -0.1) is 0 Å². The molecule has 0 aromatic heterocycles. The van der Waals surface area contributed by atoms with Crippen LogP contribution in [-0.2, 0) is 4.79 Å². The van der Waals surface area contributed by atoms with Gasteiger partial charge in [0.15, 0.2) is 0 Å². The Morgan fingerprint density at radius 2 is 2.00 bits per heavy atom. The normalized spacial score (nSPS) is 21.1. The van der Waals surface area contributed by atoms with Crippen molar-refractivity contribution < 1.29 is 14.3 Å². The summed E-state index contributed by atoms with van der Waals surface area (Å²) < 4.78 is 5.14. The summed E-state index contributed by atoms with van der Waals surface area (Å²) in [5, 5.41) is 3.03. The van der Waals surface area contributed by atoms with Gasteiger partial charge in [0.05, 0.1) is 24.8 Å². The molecule has 0 unspecified atom stereocenters. The topological polar surface area (TPSA) is 58.6 Å². The number of methoxy groups -OCH3 is 1. The Morgan fingerprint density at radius 1 is 1.25 bits per heavy atom. The Morgan fingerprint density at radius 3 is 2.65 bits per heavy atom. The summed E-state index contributed by atoms with van der Waals surface area (Å²) in [6.07, 6.45) is 4.34. The largest absolute Gasteiger partial charge is 0.497 e. The Hall–Kier alpha value is -2.04. The molecule has 1 aromatic carbocycles. The monoisotopic (exact) mass is 274 g/mol. The van der Waals surface area contributed by atoms with Gasteiger partial charge >= 0.3 is 6.03 Å². The first-order valence-electron chi connectivity index (χ1n) is 6.93. The first-order valence-corrected chi connectivity index (χ1v) is 6.93. The molecule has 2 fully saturated rings. The molecule has 5 heteroatoms. The van der Waals surface area contributed by atoms with Crippen molar-refractivity contribution in [2.24, 2.45) is 0 Å². The standard InChI is InChI=1S/C15H18N2O3/c1-20-12-6-4-5-11(9-12)17-13(18)10-15(16-14(17)19)7-2-3-8-15/h4-6,9H,2-3,7-8,10H2,1H3,(H,16,19). The molecule has 0 bridgehead atoms. The van der Waals surface area contributed by atoms with Crippen LogP contribution >= 0.6 is 0 Å². The van der Waals surface area contributed by atoms with Crippen molar-refractivity contribution in [3.63, 3.8) is 0 Å². The zero-order valence-corrected chi connectivity index (χ0v) is 11.5. The maximum Gasteiger partial charge on any atom is 0.329 e. The molecule has 1 N–H and O–H groups in total. The van der Waals surface area contributed by atoms with Crippen molar-refractivity contribution in [2.75, 3.05) is 12.0 Å². The molecule has 5 nitrogen and oxygen atoms in total. The van der Waals surface area contributed by atoms with Crippen molar-refractivity contribution in [3.8, 4) is 5.75 Å². The lowest BCUT2D eigenvalue weighted by Crippen LogP contribution is -2.61. The van der Waals surface area contributed by atoms with Gasteiger partial charge in [0, 0.05) is 6.07 Å². The van der Waals surface area contributed by atoms with Crippen molar-refractivity contribution in [3.05, 3.63) is 24.3 Å². The van der Waals surface area contributed by atoms with Gasteiger partial charge in [-0.2, -0.15) is 0 Å². The lowest BCUT2D eigenvalue weighted by Gasteiger charge is -2.38. The number of ether oxygens (including phenoxy) is 1. The summed E-state index contributed by atoms with van der Waals surface area (Å²) in [5.74, 6) is 0.494. The molecule has 20 heavy (non-hydrogen) atoms. The molecule has 3 rings (SSSR count). The van der Waals surface area contributed by atoms with Crippen molar-refractivity contribution in [2.45, 2.75) is 37.6 Å². The van der Waals surface area contributed by atoms with Gasteiger partial charge in [-0.05, 0) is 25.0 Å². The van der Waals surface area contributed by atoms with E-state index in [1.165, 1.54) is 4.90 Å². The second-order valence-corrected chi connectivity index (χ2v) is 5.52. The smallest absolute Gasteiger partial charge is 0.329 e. The maximum atomic E-state index is 12.4. The summed E-state index contributed by atoms with van der Waals surface area (Å²) in [6, 6.07) is 6.68. The molecule has 1 spiro atoms. The lowest BCUT2D eigenvalue weighted by atomic mass is 9.90. The van der Waals surface area contributed by atoms with Crippen molar-refractivity contribution in [1.29, 1.82) is 0 Å². The molecule has 1 heterocycles. The van der Waals surface area contributed by atoms with Crippen LogP contribution < -0.4 is 15.0 Å². The number of anilines is 1. The number of imide groups is 1.